The highest BCUT2D eigenvalue weighted by Gasteiger charge is 2.28. The van der Waals surface area contributed by atoms with Gasteiger partial charge in [0.2, 0.25) is 0 Å². The molecule has 2 aromatic rings. The number of nitriles is 1. The first-order chi connectivity index (χ1) is 10.5. The van der Waals surface area contributed by atoms with Gasteiger partial charge >= 0.3 is 0 Å². The van der Waals surface area contributed by atoms with Gasteiger partial charge in [-0.3, -0.25) is 10.1 Å². The molecule has 112 valence electrons. The summed E-state index contributed by atoms with van der Waals surface area (Å²) in [6.45, 7) is 0. The molecule has 0 aliphatic heterocycles. The minimum Gasteiger partial charge on any atom is -0.386 e. The van der Waals surface area contributed by atoms with E-state index in [0.717, 1.165) is 0 Å². The van der Waals surface area contributed by atoms with Gasteiger partial charge in [-0.05, 0) is 23.8 Å². The topological polar surface area (TPSA) is 87.2 Å². The van der Waals surface area contributed by atoms with Crippen molar-refractivity contribution in [2.24, 2.45) is 0 Å². The van der Waals surface area contributed by atoms with E-state index >= 15 is 0 Å². The Labute approximate surface area is 136 Å². The molecule has 0 amide bonds. The lowest BCUT2D eigenvalue weighted by atomic mass is 9.89. The first kappa shape index (κ1) is 16.2. The summed E-state index contributed by atoms with van der Waals surface area (Å²) >= 11 is 11.7. The Bertz CT molecular complexity index is 759. The van der Waals surface area contributed by atoms with Crippen molar-refractivity contribution < 1.29 is 10.0 Å². The SMILES string of the molecule is N#CC(c1ccc(Cl)c(Cl)c1)C(O)c1ccccc1[N+](=O)[O-]. The van der Waals surface area contributed by atoms with Crippen LogP contribution in [0.2, 0.25) is 10.0 Å². The Balaban J connectivity index is 2.46. The number of nitro groups is 1. The quantitative estimate of drug-likeness (QED) is 0.668. The lowest BCUT2D eigenvalue weighted by Gasteiger charge is -2.17. The molecule has 0 saturated carbocycles. The summed E-state index contributed by atoms with van der Waals surface area (Å²) in [6.07, 6.45) is -1.36. The van der Waals surface area contributed by atoms with Gasteiger partial charge in [0.05, 0.1) is 26.6 Å². The van der Waals surface area contributed by atoms with Crippen LogP contribution in [0.3, 0.4) is 0 Å². The maximum atomic E-state index is 11.0. The summed E-state index contributed by atoms with van der Waals surface area (Å²) in [4.78, 5) is 10.4. The summed E-state index contributed by atoms with van der Waals surface area (Å²) in [6, 6.07) is 12.2. The number of para-hydroxylation sites is 1. The number of aliphatic hydroxyl groups is 1. The zero-order chi connectivity index (χ0) is 16.3. The first-order valence-corrected chi connectivity index (χ1v) is 6.97. The summed E-state index contributed by atoms with van der Waals surface area (Å²) in [5.74, 6) is -1.00. The molecule has 2 atom stereocenters. The third kappa shape index (κ3) is 3.20. The number of hydrogen-bond donors (Lipinski definition) is 1. The third-order valence-electron chi connectivity index (χ3n) is 3.21. The van der Waals surface area contributed by atoms with Crippen LogP contribution in [0.1, 0.15) is 23.1 Å². The van der Waals surface area contributed by atoms with Crippen molar-refractivity contribution in [1.82, 2.24) is 0 Å². The molecule has 0 saturated heterocycles. The molecule has 0 aliphatic rings. The fraction of sp³-hybridized carbons (Fsp3) is 0.133. The van der Waals surface area contributed by atoms with Crippen LogP contribution in [-0.4, -0.2) is 10.0 Å². The fourth-order valence-electron chi connectivity index (χ4n) is 2.12. The van der Waals surface area contributed by atoms with E-state index < -0.39 is 16.9 Å². The van der Waals surface area contributed by atoms with Crippen LogP contribution in [0, 0.1) is 21.4 Å². The molecule has 2 aromatic carbocycles. The van der Waals surface area contributed by atoms with E-state index in [-0.39, 0.29) is 16.3 Å². The van der Waals surface area contributed by atoms with Crippen molar-refractivity contribution in [2.45, 2.75) is 12.0 Å². The molecule has 2 rings (SSSR count). The highest BCUT2D eigenvalue weighted by atomic mass is 35.5. The van der Waals surface area contributed by atoms with E-state index in [9.17, 15) is 20.5 Å². The van der Waals surface area contributed by atoms with Crippen LogP contribution in [0.5, 0.6) is 0 Å². The highest BCUT2D eigenvalue weighted by Crippen LogP contribution is 2.36. The number of halogens is 2. The van der Waals surface area contributed by atoms with Crippen LogP contribution in [-0.2, 0) is 0 Å². The largest absolute Gasteiger partial charge is 0.386 e. The van der Waals surface area contributed by atoms with Gasteiger partial charge in [0.1, 0.15) is 12.0 Å². The maximum absolute atomic E-state index is 11.0. The van der Waals surface area contributed by atoms with Gasteiger partial charge in [-0.25, -0.2) is 0 Å². The molecule has 0 spiro atoms. The van der Waals surface area contributed by atoms with E-state index in [1.165, 1.54) is 30.3 Å². The number of rotatable bonds is 4. The van der Waals surface area contributed by atoms with Crippen molar-refractivity contribution in [3.8, 4) is 6.07 Å². The van der Waals surface area contributed by atoms with Gasteiger partial charge in [0.15, 0.2) is 0 Å². The van der Waals surface area contributed by atoms with Gasteiger partial charge in [-0.1, -0.05) is 41.4 Å². The zero-order valence-corrected chi connectivity index (χ0v) is 12.6. The van der Waals surface area contributed by atoms with Crippen molar-refractivity contribution in [2.75, 3.05) is 0 Å². The van der Waals surface area contributed by atoms with E-state index in [1.54, 1.807) is 12.1 Å². The van der Waals surface area contributed by atoms with E-state index in [4.69, 9.17) is 23.2 Å². The molecule has 0 radical (unpaired) electrons. The van der Waals surface area contributed by atoms with Crippen molar-refractivity contribution >= 4 is 28.9 Å². The monoisotopic (exact) mass is 336 g/mol. The first-order valence-electron chi connectivity index (χ1n) is 6.21. The number of aliphatic hydroxyl groups excluding tert-OH is 1. The Kier molecular flexibility index (Phi) is 4.99. The van der Waals surface area contributed by atoms with Crippen LogP contribution >= 0.6 is 23.2 Å². The van der Waals surface area contributed by atoms with Crippen LogP contribution < -0.4 is 0 Å². The molecule has 0 fully saturated rings. The second-order valence-corrected chi connectivity index (χ2v) is 5.36. The van der Waals surface area contributed by atoms with Crippen LogP contribution in [0.4, 0.5) is 5.69 Å². The molecule has 7 heteroatoms. The van der Waals surface area contributed by atoms with E-state index in [2.05, 4.69) is 0 Å². The fourth-order valence-corrected chi connectivity index (χ4v) is 2.42. The average molecular weight is 337 g/mol. The summed E-state index contributed by atoms with van der Waals surface area (Å²) in [5.41, 5.74) is 0.267. The zero-order valence-electron chi connectivity index (χ0n) is 11.1. The molecule has 0 bridgehead atoms. The Morgan fingerprint density at radius 2 is 1.86 bits per heavy atom. The lowest BCUT2D eigenvalue weighted by Crippen LogP contribution is -2.11. The predicted molar refractivity (Wildman–Crippen MR) is 82.9 cm³/mol. The number of nitro benzene ring substituents is 1. The number of hydrogen-bond acceptors (Lipinski definition) is 4. The Morgan fingerprint density at radius 3 is 2.45 bits per heavy atom. The molecule has 22 heavy (non-hydrogen) atoms. The van der Waals surface area contributed by atoms with Crippen LogP contribution in [0.15, 0.2) is 42.5 Å². The second-order valence-electron chi connectivity index (χ2n) is 4.54. The minimum absolute atomic E-state index is 0.0742. The van der Waals surface area contributed by atoms with Crippen molar-refractivity contribution in [3.63, 3.8) is 0 Å². The van der Waals surface area contributed by atoms with Gasteiger partial charge in [0, 0.05) is 6.07 Å². The minimum atomic E-state index is -1.36. The van der Waals surface area contributed by atoms with E-state index in [1.807, 2.05) is 6.07 Å². The summed E-state index contributed by atoms with van der Waals surface area (Å²) in [7, 11) is 0. The average Bonchev–Trinajstić information content (AvgIpc) is 2.51. The lowest BCUT2D eigenvalue weighted by molar-refractivity contribution is -0.386. The van der Waals surface area contributed by atoms with Crippen molar-refractivity contribution in [1.29, 1.82) is 5.26 Å². The standard InChI is InChI=1S/C15H10Cl2N2O3/c16-12-6-5-9(7-13(12)17)11(8-18)15(20)10-3-1-2-4-14(10)19(21)22/h1-7,11,15,20H. The molecule has 2 unspecified atom stereocenters. The highest BCUT2D eigenvalue weighted by molar-refractivity contribution is 6.42. The maximum Gasteiger partial charge on any atom is 0.275 e. The molecule has 1 N–H and O–H groups in total. The smallest absolute Gasteiger partial charge is 0.275 e. The Morgan fingerprint density at radius 1 is 1.18 bits per heavy atom. The molecular formula is C15H10Cl2N2O3. The molecule has 0 aliphatic carbocycles. The van der Waals surface area contributed by atoms with Gasteiger partial charge in [-0.15, -0.1) is 0 Å². The summed E-state index contributed by atoms with van der Waals surface area (Å²) < 4.78 is 0. The molecule has 0 heterocycles. The molecule has 0 aromatic heterocycles. The summed E-state index contributed by atoms with van der Waals surface area (Å²) in [5, 5.41) is 31.4. The Hall–Kier alpha value is -2.13. The van der Waals surface area contributed by atoms with Crippen LogP contribution in [0.25, 0.3) is 0 Å². The number of nitrogens with zero attached hydrogens (tertiary/aromatic N) is 2. The number of benzene rings is 2. The predicted octanol–water partition coefficient (Wildman–Crippen LogP) is 4.24. The third-order valence-corrected chi connectivity index (χ3v) is 3.95. The van der Waals surface area contributed by atoms with Gasteiger partial charge in [0.25, 0.3) is 5.69 Å². The molecule has 5 nitrogen and oxygen atoms in total. The van der Waals surface area contributed by atoms with Crippen molar-refractivity contribution in [3.05, 3.63) is 73.8 Å². The second kappa shape index (κ2) is 6.75. The molecular weight excluding hydrogens is 327 g/mol. The van der Waals surface area contributed by atoms with Gasteiger partial charge < -0.3 is 5.11 Å². The normalized spacial score (nSPS) is 13.2. The van der Waals surface area contributed by atoms with Gasteiger partial charge in [-0.2, -0.15) is 5.26 Å². The van der Waals surface area contributed by atoms with E-state index in [0.29, 0.717) is 10.6 Å².